The van der Waals surface area contributed by atoms with Crippen LogP contribution in [0, 0.1) is 5.41 Å². The highest BCUT2D eigenvalue weighted by molar-refractivity contribution is 5.96. The van der Waals surface area contributed by atoms with Crippen molar-refractivity contribution in [1.29, 1.82) is 5.41 Å². The molecule has 5 N–H and O–H groups in total. The van der Waals surface area contributed by atoms with Gasteiger partial charge in [0.1, 0.15) is 11.6 Å². The van der Waals surface area contributed by atoms with Gasteiger partial charge in [0.15, 0.2) is 0 Å². The fraction of sp³-hybridized carbons (Fsp3) is 0.160. The fourth-order valence-corrected chi connectivity index (χ4v) is 3.60. The summed E-state index contributed by atoms with van der Waals surface area (Å²) in [6, 6.07) is 23.4. The maximum atomic E-state index is 13.2. The van der Waals surface area contributed by atoms with Crippen molar-refractivity contribution in [2.24, 2.45) is 5.73 Å². The molecule has 1 aliphatic heterocycles. The molecule has 0 aromatic heterocycles. The average Bonchev–Trinajstić information content (AvgIpc) is 2.83. The number of hydrogen-bond donors (Lipinski definition) is 4. The number of rotatable bonds is 7. The third-order valence-electron chi connectivity index (χ3n) is 5.28. The third-order valence-corrected chi connectivity index (χ3v) is 5.28. The largest absolute Gasteiger partial charge is 0.476 e. The fourth-order valence-electron chi connectivity index (χ4n) is 3.60. The van der Waals surface area contributed by atoms with E-state index in [2.05, 4.69) is 10.6 Å². The van der Waals surface area contributed by atoms with Gasteiger partial charge < -0.3 is 26.0 Å². The van der Waals surface area contributed by atoms with Crippen LogP contribution in [0.15, 0.2) is 78.9 Å². The summed E-state index contributed by atoms with van der Waals surface area (Å²) in [7, 11) is 0. The van der Waals surface area contributed by atoms with Crippen LogP contribution in [-0.4, -0.2) is 37.3 Å². The number of amides is 2. The smallest absolute Gasteiger partial charge is 0.270 e. The second-order valence-corrected chi connectivity index (χ2v) is 7.66. The number of anilines is 2. The number of nitrogens with two attached hydrogens (primary N) is 1. The molecule has 3 aromatic rings. The van der Waals surface area contributed by atoms with E-state index in [4.69, 9.17) is 15.9 Å². The summed E-state index contributed by atoms with van der Waals surface area (Å²) in [4.78, 5) is 26.8. The molecular weight excluding hydrogens is 418 g/mol. The minimum absolute atomic E-state index is 0.00433. The van der Waals surface area contributed by atoms with Crippen LogP contribution in [0.2, 0.25) is 0 Å². The van der Waals surface area contributed by atoms with E-state index in [1.54, 1.807) is 36.4 Å². The zero-order valence-electron chi connectivity index (χ0n) is 18.0. The molecular formula is C25H25N5O3. The number of nitrogen functional groups attached to an aromatic ring is 1. The van der Waals surface area contributed by atoms with Crippen LogP contribution in [-0.2, 0) is 9.59 Å². The van der Waals surface area contributed by atoms with Gasteiger partial charge in [-0.2, -0.15) is 0 Å². The Labute approximate surface area is 191 Å². The van der Waals surface area contributed by atoms with Gasteiger partial charge in [-0.15, -0.1) is 0 Å². The van der Waals surface area contributed by atoms with Gasteiger partial charge in [-0.3, -0.25) is 15.0 Å². The summed E-state index contributed by atoms with van der Waals surface area (Å²) in [5.41, 5.74) is 8.33. The molecule has 1 heterocycles. The molecule has 0 aliphatic carbocycles. The second-order valence-electron chi connectivity index (χ2n) is 7.66. The molecule has 1 unspecified atom stereocenters. The lowest BCUT2D eigenvalue weighted by Gasteiger charge is -2.28. The number of carbonyl (C=O) groups excluding carboxylic acids is 2. The molecule has 1 atom stereocenters. The van der Waals surface area contributed by atoms with E-state index in [0.717, 1.165) is 12.2 Å². The van der Waals surface area contributed by atoms with Gasteiger partial charge in [0.05, 0.1) is 6.54 Å². The van der Waals surface area contributed by atoms with E-state index in [0.29, 0.717) is 35.7 Å². The van der Waals surface area contributed by atoms with Gasteiger partial charge in [0.2, 0.25) is 12.0 Å². The van der Waals surface area contributed by atoms with Crippen molar-refractivity contribution in [1.82, 2.24) is 5.32 Å². The van der Waals surface area contributed by atoms with Crippen LogP contribution >= 0.6 is 0 Å². The molecule has 0 bridgehead atoms. The van der Waals surface area contributed by atoms with E-state index in [-0.39, 0.29) is 17.6 Å². The molecule has 8 heteroatoms. The van der Waals surface area contributed by atoms with Gasteiger partial charge in [-0.25, -0.2) is 0 Å². The summed E-state index contributed by atoms with van der Waals surface area (Å²) >= 11 is 0. The summed E-state index contributed by atoms with van der Waals surface area (Å²) in [5.74, 6) is 0.0210. The van der Waals surface area contributed by atoms with E-state index in [1.165, 1.54) is 0 Å². The number of piperazine rings is 1. The van der Waals surface area contributed by atoms with Crippen LogP contribution in [0.25, 0.3) is 0 Å². The van der Waals surface area contributed by atoms with E-state index in [1.807, 2.05) is 47.4 Å². The highest BCUT2D eigenvalue weighted by Gasteiger charge is 2.23. The van der Waals surface area contributed by atoms with Crippen LogP contribution in [0.4, 0.5) is 11.4 Å². The van der Waals surface area contributed by atoms with Crippen molar-refractivity contribution in [3.05, 3.63) is 90.0 Å². The summed E-state index contributed by atoms with van der Waals surface area (Å²) in [6.45, 7) is 1.66. The molecule has 1 saturated heterocycles. The van der Waals surface area contributed by atoms with Gasteiger partial charge in [-0.05, 0) is 36.4 Å². The van der Waals surface area contributed by atoms with Crippen molar-refractivity contribution >= 4 is 29.0 Å². The summed E-state index contributed by atoms with van der Waals surface area (Å²) < 4.78 is 6.04. The molecule has 33 heavy (non-hydrogen) atoms. The molecule has 0 radical (unpaired) electrons. The molecule has 1 aliphatic rings. The van der Waals surface area contributed by atoms with Crippen LogP contribution in [0.3, 0.4) is 0 Å². The van der Waals surface area contributed by atoms with E-state index < -0.39 is 6.10 Å². The predicted molar refractivity (Wildman–Crippen MR) is 128 cm³/mol. The zero-order valence-corrected chi connectivity index (χ0v) is 18.0. The van der Waals surface area contributed by atoms with Gasteiger partial charge >= 0.3 is 0 Å². The molecule has 0 spiro atoms. The van der Waals surface area contributed by atoms with Gasteiger partial charge in [0.25, 0.3) is 5.91 Å². The van der Waals surface area contributed by atoms with E-state index in [9.17, 15) is 9.59 Å². The highest BCUT2D eigenvalue weighted by atomic mass is 16.5. The molecule has 4 rings (SSSR count). The van der Waals surface area contributed by atoms with Gasteiger partial charge in [-0.1, -0.05) is 42.5 Å². The maximum Gasteiger partial charge on any atom is 0.270 e. The maximum absolute atomic E-state index is 13.2. The molecule has 2 amide bonds. The molecule has 1 fully saturated rings. The number of ether oxygens (including phenoxy) is 1. The quantitative estimate of drug-likeness (QED) is 0.331. The first-order valence-corrected chi connectivity index (χ1v) is 10.6. The Balaban J connectivity index is 1.51. The van der Waals surface area contributed by atoms with Crippen molar-refractivity contribution in [3.63, 3.8) is 0 Å². The lowest BCUT2D eigenvalue weighted by Crippen LogP contribution is -2.47. The number of hydrogen-bond acceptors (Lipinski definition) is 5. The van der Waals surface area contributed by atoms with Crippen LogP contribution in [0.1, 0.15) is 17.2 Å². The monoisotopic (exact) mass is 443 g/mol. The lowest BCUT2D eigenvalue weighted by molar-refractivity contribution is -0.123. The lowest BCUT2D eigenvalue weighted by atomic mass is 10.1. The number of carbonyl (C=O) groups is 2. The second kappa shape index (κ2) is 9.86. The number of benzene rings is 3. The Bertz CT molecular complexity index is 1150. The number of nitrogens with one attached hydrogen (secondary N) is 3. The Hall–Kier alpha value is -4.33. The standard InChI is InChI=1S/C25H25N5O3/c26-24(27)18-7-4-8-21(15-18)33-23(17-5-2-1-3-6-17)25(32)29-19-9-11-20(12-10-19)30-14-13-28-22(31)16-30/h1-12,15,23H,13-14,16H2,(H3,26,27)(H,28,31)(H,29,32). The van der Waals surface area contributed by atoms with Crippen molar-refractivity contribution < 1.29 is 14.3 Å². The van der Waals surface area contributed by atoms with Crippen LogP contribution < -0.4 is 26.0 Å². The first kappa shape index (κ1) is 21.9. The zero-order chi connectivity index (χ0) is 23.2. The minimum Gasteiger partial charge on any atom is -0.476 e. The molecule has 168 valence electrons. The Kier molecular flexibility index (Phi) is 6.54. The number of nitrogens with zero attached hydrogens (tertiary/aromatic N) is 1. The summed E-state index contributed by atoms with van der Waals surface area (Å²) in [6.07, 6.45) is -0.904. The minimum atomic E-state index is -0.904. The number of amidine groups is 1. The van der Waals surface area contributed by atoms with E-state index >= 15 is 0 Å². The predicted octanol–water partition coefficient (Wildman–Crippen LogP) is 2.67. The first-order valence-electron chi connectivity index (χ1n) is 10.6. The first-order chi connectivity index (χ1) is 16.0. The Morgan fingerprint density at radius 3 is 2.52 bits per heavy atom. The van der Waals surface area contributed by atoms with Crippen molar-refractivity contribution in [3.8, 4) is 5.75 Å². The molecule has 8 nitrogen and oxygen atoms in total. The molecule has 3 aromatic carbocycles. The van der Waals surface area contributed by atoms with Crippen molar-refractivity contribution in [2.45, 2.75) is 6.10 Å². The Morgan fingerprint density at radius 1 is 1.06 bits per heavy atom. The van der Waals surface area contributed by atoms with Gasteiger partial charge in [0, 0.05) is 35.6 Å². The van der Waals surface area contributed by atoms with Crippen molar-refractivity contribution in [2.75, 3.05) is 29.9 Å². The molecule has 0 saturated carbocycles. The third kappa shape index (κ3) is 5.48. The van der Waals surface area contributed by atoms with Crippen LogP contribution in [0.5, 0.6) is 5.75 Å². The topological polar surface area (TPSA) is 121 Å². The summed E-state index contributed by atoms with van der Waals surface area (Å²) in [5, 5.41) is 13.3. The highest BCUT2D eigenvalue weighted by Crippen LogP contribution is 2.25. The normalized spacial score (nSPS) is 14.2. The Morgan fingerprint density at radius 2 is 1.82 bits per heavy atom. The SMILES string of the molecule is N=C(N)c1cccc(OC(C(=O)Nc2ccc(N3CCNC(=O)C3)cc2)c2ccccc2)c1. The average molecular weight is 444 g/mol.